The molecule has 1 saturated carbocycles. The topological polar surface area (TPSA) is 99.0 Å². The largest absolute Gasteiger partial charge is 0.459 e. The molecule has 1 saturated heterocycles. The lowest BCUT2D eigenvalue weighted by atomic mass is 10.0. The normalized spacial score (nSPS) is 22.4. The molecule has 1 aliphatic carbocycles. The Labute approximate surface area is 173 Å². The number of hydrogen-bond donors (Lipinski definition) is 0. The van der Waals surface area contributed by atoms with E-state index in [1.165, 1.54) is 24.3 Å². The number of likely N-dealkylation sites (tertiary alicyclic amines) is 1. The van der Waals surface area contributed by atoms with Gasteiger partial charge in [0, 0.05) is 25.2 Å². The number of esters is 1. The zero-order valence-electron chi connectivity index (χ0n) is 16.3. The Balaban J connectivity index is 1.24. The van der Waals surface area contributed by atoms with Crippen molar-refractivity contribution in [2.24, 2.45) is 11.8 Å². The third kappa shape index (κ3) is 4.42. The van der Waals surface area contributed by atoms with Crippen LogP contribution in [0.15, 0.2) is 54.6 Å². The summed E-state index contributed by atoms with van der Waals surface area (Å²) in [6.07, 6.45) is 0.885. The van der Waals surface area contributed by atoms with Crippen LogP contribution in [0.1, 0.15) is 28.8 Å². The molecule has 4 rings (SSSR count). The molecule has 2 aliphatic rings. The molecule has 0 N–H and O–H groups in total. The van der Waals surface area contributed by atoms with Crippen molar-refractivity contribution < 1.29 is 24.0 Å². The van der Waals surface area contributed by atoms with E-state index in [0.29, 0.717) is 31.5 Å². The number of non-ortho nitro benzene ring substituents is 1. The molecule has 8 heteroatoms. The molecule has 0 aromatic heterocycles. The van der Waals surface area contributed by atoms with E-state index in [2.05, 4.69) is 0 Å². The van der Waals surface area contributed by atoms with Gasteiger partial charge in [0.25, 0.3) is 5.69 Å². The van der Waals surface area contributed by atoms with E-state index >= 15 is 0 Å². The van der Waals surface area contributed by atoms with Crippen LogP contribution in [-0.4, -0.2) is 41.1 Å². The van der Waals surface area contributed by atoms with Crippen LogP contribution < -0.4 is 0 Å². The maximum atomic E-state index is 12.3. The third-order valence-corrected chi connectivity index (χ3v) is 5.76. The molecule has 1 heterocycles. The van der Waals surface area contributed by atoms with Crippen molar-refractivity contribution in [2.75, 3.05) is 13.1 Å². The lowest BCUT2D eigenvalue weighted by molar-refractivity contribution is -0.384. The highest BCUT2D eigenvalue weighted by molar-refractivity contribution is 5.89. The first kappa shape index (κ1) is 19.9. The minimum absolute atomic E-state index is 0.0683. The van der Waals surface area contributed by atoms with Crippen LogP contribution in [0.2, 0.25) is 0 Å². The number of nitro groups is 1. The summed E-state index contributed by atoms with van der Waals surface area (Å²) in [5.41, 5.74) is 1.17. The molecule has 2 aromatic rings. The Morgan fingerprint density at radius 1 is 1.00 bits per heavy atom. The van der Waals surface area contributed by atoms with Gasteiger partial charge in [0.15, 0.2) is 0 Å². The summed E-state index contributed by atoms with van der Waals surface area (Å²) in [6.45, 7) is 1.45. The molecule has 1 amide bonds. The standard InChI is InChI=1S/C22H22N2O6/c25-21(16-6-8-19(9-7-16)24(27)28)30-20-10-17-12-23(13-18(17)11-20)22(26)29-14-15-4-2-1-3-5-15/h1-9,17-18,20H,10-14H2/t17-,18+,20-. The van der Waals surface area contributed by atoms with Gasteiger partial charge in [-0.3, -0.25) is 10.1 Å². The quantitative estimate of drug-likeness (QED) is 0.422. The molecular formula is C22H22N2O6. The van der Waals surface area contributed by atoms with Crippen LogP contribution in [0.5, 0.6) is 0 Å². The maximum absolute atomic E-state index is 12.3. The first-order chi connectivity index (χ1) is 14.5. The zero-order valence-corrected chi connectivity index (χ0v) is 16.3. The van der Waals surface area contributed by atoms with Crippen molar-refractivity contribution in [3.05, 3.63) is 75.8 Å². The van der Waals surface area contributed by atoms with Gasteiger partial charge in [0.05, 0.1) is 10.5 Å². The lowest BCUT2D eigenvalue weighted by Crippen LogP contribution is -2.31. The Hall–Kier alpha value is -3.42. The highest BCUT2D eigenvalue weighted by Gasteiger charge is 2.44. The van der Waals surface area contributed by atoms with Gasteiger partial charge in [-0.05, 0) is 42.4 Å². The predicted molar refractivity (Wildman–Crippen MR) is 107 cm³/mol. The maximum Gasteiger partial charge on any atom is 0.410 e. The minimum atomic E-state index is -0.510. The zero-order chi connectivity index (χ0) is 21.1. The van der Waals surface area contributed by atoms with Gasteiger partial charge in [-0.2, -0.15) is 0 Å². The lowest BCUT2D eigenvalue weighted by Gasteiger charge is -2.19. The minimum Gasteiger partial charge on any atom is -0.459 e. The molecule has 0 spiro atoms. The van der Waals surface area contributed by atoms with Crippen molar-refractivity contribution in [3.8, 4) is 0 Å². The summed E-state index contributed by atoms with van der Waals surface area (Å²) in [7, 11) is 0. The molecular weight excluding hydrogens is 388 g/mol. The number of carbonyl (C=O) groups excluding carboxylic acids is 2. The summed E-state index contributed by atoms with van der Waals surface area (Å²) in [4.78, 5) is 36.6. The first-order valence-corrected chi connectivity index (χ1v) is 9.90. The molecule has 156 valence electrons. The van der Waals surface area contributed by atoms with Crippen molar-refractivity contribution in [1.82, 2.24) is 4.90 Å². The number of amides is 1. The van der Waals surface area contributed by atoms with E-state index in [1.54, 1.807) is 4.90 Å². The fraction of sp³-hybridized carbons (Fsp3) is 0.364. The highest BCUT2D eigenvalue weighted by Crippen LogP contribution is 2.40. The number of fused-ring (bicyclic) bond motifs is 1. The average Bonchev–Trinajstić information content (AvgIpc) is 3.31. The van der Waals surface area contributed by atoms with Crippen molar-refractivity contribution in [2.45, 2.75) is 25.6 Å². The number of ether oxygens (including phenoxy) is 2. The Kier molecular flexibility index (Phi) is 5.65. The molecule has 2 fully saturated rings. The SMILES string of the molecule is O=C(O[C@@H]1C[C@@H]2CN(C(=O)OCc3ccccc3)C[C@@H]2C1)c1ccc([N+](=O)[O-])cc1. The Bertz CT molecular complexity index is 916. The number of carbonyl (C=O) groups is 2. The van der Waals surface area contributed by atoms with Gasteiger partial charge in [-0.15, -0.1) is 0 Å². The summed E-state index contributed by atoms with van der Waals surface area (Å²) in [5.74, 6) is 0.0851. The Morgan fingerprint density at radius 2 is 1.63 bits per heavy atom. The van der Waals surface area contributed by atoms with E-state index in [0.717, 1.165) is 5.56 Å². The van der Waals surface area contributed by atoms with Crippen LogP contribution in [0.4, 0.5) is 10.5 Å². The highest BCUT2D eigenvalue weighted by atomic mass is 16.6. The smallest absolute Gasteiger partial charge is 0.410 e. The van der Waals surface area contributed by atoms with Gasteiger partial charge < -0.3 is 14.4 Å². The van der Waals surface area contributed by atoms with Gasteiger partial charge >= 0.3 is 12.1 Å². The summed E-state index contributed by atoms with van der Waals surface area (Å²) < 4.78 is 11.0. The number of rotatable bonds is 5. The molecule has 8 nitrogen and oxygen atoms in total. The molecule has 2 aromatic carbocycles. The number of nitro benzene ring substituents is 1. The van der Waals surface area contributed by atoms with Gasteiger partial charge in [-0.25, -0.2) is 9.59 Å². The van der Waals surface area contributed by atoms with Crippen molar-refractivity contribution in [1.29, 1.82) is 0 Å². The van der Waals surface area contributed by atoms with E-state index < -0.39 is 10.9 Å². The monoisotopic (exact) mass is 410 g/mol. The second-order valence-corrected chi connectivity index (χ2v) is 7.77. The van der Waals surface area contributed by atoms with Gasteiger partial charge in [0.1, 0.15) is 12.7 Å². The fourth-order valence-corrected chi connectivity index (χ4v) is 4.24. The molecule has 30 heavy (non-hydrogen) atoms. The molecule has 0 radical (unpaired) electrons. The average molecular weight is 410 g/mol. The summed E-state index contributed by atoms with van der Waals surface area (Å²) in [5, 5.41) is 10.7. The van der Waals surface area contributed by atoms with Crippen LogP contribution in [0.25, 0.3) is 0 Å². The fourth-order valence-electron chi connectivity index (χ4n) is 4.24. The van der Waals surface area contributed by atoms with E-state index in [4.69, 9.17) is 9.47 Å². The summed E-state index contributed by atoms with van der Waals surface area (Å²) >= 11 is 0. The number of hydrogen-bond acceptors (Lipinski definition) is 6. The molecule has 3 atom stereocenters. The van der Waals surface area contributed by atoms with E-state index in [-0.39, 0.29) is 36.3 Å². The molecule has 0 bridgehead atoms. The van der Waals surface area contributed by atoms with Crippen molar-refractivity contribution in [3.63, 3.8) is 0 Å². The first-order valence-electron chi connectivity index (χ1n) is 9.90. The second-order valence-electron chi connectivity index (χ2n) is 7.77. The second kappa shape index (κ2) is 8.52. The van der Waals surface area contributed by atoms with E-state index in [9.17, 15) is 19.7 Å². The van der Waals surface area contributed by atoms with Gasteiger partial charge in [0.2, 0.25) is 0 Å². The Morgan fingerprint density at radius 3 is 2.23 bits per heavy atom. The van der Waals surface area contributed by atoms with Gasteiger partial charge in [-0.1, -0.05) is 30.3 Å². The summed E-state index contributed by atoms with van der Waals surface area (Å²) in [6, 6.07) is 14.9. The van der Waals surface area contributed by atoms with Crippen molar-refractivity contribution >= 4 is 17.7 Å². The van der Waals surface area contributed by atoms with Crippen LogP contribution in [0.3, 0.4) is 0 Å². The number of nitrogens with zero attached hydrogens (tertiary/aromatic N) is 2. The van der Waals surface area contributed by atoms with Crippen LogP contribution >= 0.6 is 0 Å². The third-order valence-electron chi connectivity index (χ3n) is 5.76. The van der Waals surface area contributed by atoms with Crippen LogP contribution in [0, 0.1) is 22.0 Å². The molecule has 0 unspecified atom stereocenters. The predicted octanol–water partition coefficient (Wildman–Crippen LogP) is 3.80. The van der Waals surface area contributed by atoms with E-state index in [1.807, 2.05) is 30.3 Å². The molecule has 1 aliphatic heterocycles. The number of benzene rings is 2. The van der Waals surface area contributed by atoms with Crippen LogP contribution in [-0.2, 0) is 16.1 Å².